The Labute approximate surface area is 101 Å². The van der Waals surface area contributed by atoms with Gasteiger partial charge in [0, 0.05) is 12.2 Å². The van der Waals surface area contributed by atoms with Crippen LogP contribution in [0.1, 0.15) is 6.42 Å². The van der Waals surface area contributed by atoms with E-state index in [0.29, 0.717) is 5.96 Å². The minimum atomic E-state index is 0.604. The van der Waals surface area contributed by atoms with E-state index in [4.69, 9.17) is 5.84 Å². The highest BCUT2D eigenvalue weighted by Gasteiger charge is 1.95. The summed E-state index contributed by atoms with van der Waals surface area (Å²) in [6.07, 6.45) is 3.15. The maximum Gasteiger partial charge on any atom is 0.210 e. The third-order valence-electron chi connectivity index (χ3n) is 1.95. The molecule has 0 unspecified atom stereocenters. The first-order valence-corrected chi connectivity index (χ1v) is 6.58. The molecule has 0 aliphatic rings. The van der Waals surface area contributed by atoms with E-state index in [-0.39, 0.29) is 0 Å². The van der Waals surface area contributed by atoms with Crippen molar-refractivity contribution >= 4 is 23.4 Å². The van der Waals surface area contributed by atoms with Gasteiger partial charge in [0.05, 0.1) is 0 Å². The molecule has 4 nitrogen and oxygen atoms in total. The normalized spacial score (nSPS) is 11.2. The van der Waals surface area contributed by atoms with Gasteiger partial charge >= 0.3 is 0 Å². The van der Waals surface area contributed by atoms with Gasteiger partial charge in [-0.2, -0.15) is 11.8 Å². The second kappa shape index (κ2) is 8.01. The van der Waals surface area contributed by atoms with E-state index in [9.17, 15) is 0 Å². The third kappa shape index (κ3) is 5.04. The number of hydrogen-bond donors (Lipinski definition) is 3. The first-order valence-electron chi connectivity index (χ1n) is 5.19. The lowest BCUT2D eigenvalue weighted by molar-refractivity contribution is 0.913. The first-order chi connectivity index (χ1) is 7.86. The lowest BCUT2D eigenvalue weighted by atomic mass is 10.3. The van der Waals surface area contributed by atoms with E-state index in [1.165, 1.54) is 0 Å². The fourth-order valence-corrected chi connectivity index (χ4v) is 1.60. The number of hydrazine groups is 1. The molecule has 1 aromatic carbocycles. The second-order valence-corrected chi connectivity index (χ2v) is 4.20. The first kappa shape index (κ1) is 12.9. The lowest BCUT2D eigenvalue weighted by Crippen LogP contribution is -2.36. The number of nitrogens with one attached hydrogen (secondary N) is 2. The van der Waals surface area contributed by atoms with E-state index in [0.717, 1.165) is 24.4 Å². The Morgan fingerprint density at radius 1 is 1.38 bits per heavy atom. The molecule has 0 aromatic heterocycles. The second-order valence-electron chi connectivity index (χ2n) is 3.21. The highest BCUT2D eigenvalue weighted by molar-refractivity contribution is 7.98. The Morgan fingerprint density at radius 3 is 2.75 bits per heavy atom. The van der Waals surface area contributed by atoms with Gasteiger partial charge in [0.2, 0.25) is 5.96 Å². The number of para-hydroxylation sites is 1. The molecule has 0 amide bonds. The van der Waals surface area contributed by atoms with Crippen LogP contribution < -0.4 is 16.6 Å². The topological polar surface area (TPSA) is 62.4 Å². The summed E-state index contributed by atoms with van der Waals surface area (Å²) in [5.74, 6) is 7.11. The minimum absolute atomic E-state index is 0.604. The molecule has 0 saturated heterocycles. The fourth-order valence-electron chi connectivity index (χ4n) is 1.18. The average Bonchev–Trinajstić information content (AvgIpc) is 2.34. The zero-order valence-electron chi connectivity index (χ0n) is 9.44. The van der Waals surface area contributed by atoms with Crippen molar-refractivity contribution < 1.29 is 0 Å². The number of nitrogens with two attached hydrogens (primary N) is 1. The molecule has 0 bridgehead atoms. The molecule has 5 heteroatoms. The number of anilines is 1. The highest BCUT2D eigenvalue weighted by Crippen LogP contribution is 2.04. The molecule has 1 rings (SSSR count). The largest absolute Gasteiger partial charge is 0.325 e. The van der Waals surface area contributed by atoms with Crippen LogP contribution in [-0.2, 0) is 0 Å². The summed E-state index contributed by atoms with van der Waals surface area (Å²) in [4.78, 5) is 4.33. The van der Waals surface area contributed by atoms with E-state index < -0.39 is 0 Å². The summed E-state index contributed by atoms with van der Waals surface area (Å²) in [5.41, 5.74) is 3.54. The van der Waals surface area contributed by atoms with Crippen molar-refractivity contribution in [2.45, 2.75) is 6.42 Å². The number of guanidine groups is 1. The van der Waals surface area contributed by atoms with E-state index in [1.54, 1.807) is 0 Å². The van der Waals surface area contributed by atoms with Crippen LogP contribution in [-0.4, -0.2) is 24.5 Å². The molecule has 1 aromatic rings. The molecule has 16 heavy (non-hydrogen) atoms. The van der Waals surface area contributed by atoms with Gasteiger partial charge in [0.25, 0.3) is 0 Å². The molecular weight excluding hydrogens is 220 g/mol. The number of aliphatic imine (C=N–C) groups is 1. The number of nitrogens with zero attached hydrogens (tertiary/aromatic N) is 1. The van der Waals surface area contributed by atoms with Crippen molar-refractivity contribution in [2.75, 3.05) is 23.9 Å². The molecule has 0 spiro atoms. The maximum atomic E-state index is 5.39. The SMILES string of the molecule is CSCCCN=C(NN)Nc1ccccc1. The van der Waals surface area contributed by atoms with Gasteiger partial charge in [-0.1, -0.05) is 18.2 Å². The molecule has 0 fully saturated rings. The summed E-state index contributed by atoms with van der Waals surface area (Å²) in [6.45, 7) is 0.778. The van der Waals surface area contributed by atoms with E-state index in [2.05, 4.69) is 22.0 Å². The molecule has 0 aliphatic carbocycles. The molecule has 0 saturated carbocycles. The summed E-state index contributed by atoms with van der Waals surface area (Å²) in [6, 6.07) is 9.83. The van der Waals surface area contributed by atoms with Gasteiger partial charge in [0.15, 0.2) is 0 Å². The Kier molecular flexibility index (Phi) is 6.44. The van der Waals surface area contributed by atoms with Crippen LogP contribution in [0.15, 0.2) is 35.3 Å². The average molecular weight is 238 g/mol. The molecule has 0 atom stereocenters. The van der Waals surface area contributed by atoms with Crippen LogP contribution in [0.3, 0.4) is 0 Å². The van der Waals surface area contributed by atoms with Crippen LogP contribution in [0.4, 0.5) is 5.69 Å². The monoisotopic (exact) mass is 238 g/mol. The van der Waals surface area contributed by atoms with Crippen molar-refractivity contribution in [3.63, 3.8) is 0 Å². The number of hydrogen-bond acceptors (Lipinski definition) is 3. The van der Waals surface area contributed by atoms with Crippen molar-refractivity contribution in [2.24, 2.45) is 10.8 Å². The minimum Gasteiger partial charge on any atom is -0.325 e. The number of benzene rings is 1. The molecule has 0 heterocycles. The van der Waals surface area contributed by atoms with Gasteiger partial charge < -0.3 is 5.32 Å². The predicted octanol–water partition coefficient (Wildman–Crippen LogP) is 1.67. The van der Waals surface area contributed by atoms with Gasteiger partial charge in [-0.3, -0.25) is 10.4 Å². The number of thioether (sulfide) groups is 1. The summed E-state index contributed by atoms with van der Waals surface area (Å²) in [5, 5.41) is 3.11. The van der Waals surface area contributed by atoms with Gasteiger partial charge in [-0.05, 0) is 30.6 Å². The van der Waals surface area contributed by atoms with Crippen molar-refractivity contribution in [1.29, 1.82) is 0 Å². The molecule has 0 aliphatic heterocycles. The van der Waals surface area contributed by atoms with Gasteiger partial charge in [0.1, 0.15) is 0 Å². The molecule has 88 valence electrons. The Hall–Kier alpha value is -1.20. The smallest absolute Gasteiger partial charge is 0.210 e. The Morgan fingerprint density at radius 2 is 2.12 bits per heavy atom. The van der Waals surface area contributed by atoms with E-state index >= 15 is 0 Å². The quantitative estimate of drug-likeness (QED) is 0.240. The van der Waals surface area contributed by atoms with Crippen LogP contribution in [0.25, 0.3) is 0 Å². The highest BCUT2D eigenvalue weighted by atomic mass is 32.2. The summed E-state index contributed by atoms with van der Waals surface area (Å²) >= 11 is 1.82. The van der Waals surface area contributed by atoms with Gasteiger partial charge in [-0.15, -0.1) is 0 Å². The zero-order chi connectivity index (χ0) is 11.6. The maximum absolute atomic E-state index is 5.39. The molecule has 4 N–H and O–H groups in total. The van der Waals surface area contributed by atoms with Crippen molar-refractivity contribution in [3.8, 4) is 0 Å². The predicted molar refractivity (Wildman–Crippen MR) is 72.7 cm³/mol. The van der Waals surface area contributed by atoms with Crippen molar-refractivity contribution in [1.82, 2.24) is 5.43 Å². The van der Waals surface area contributed by atoms with Crippen molar-refractivity contribution in [3.05, 3.63) is 30.3 Å². The van der Waals surface area contributed by atoms with Crippen LogP contribution in [0.2, 0.25) is 0 Å². The third-order valence-corrected chi connectivity index (χ3v) is 2.65. The molecule has 0 radical (unpaired) electrons. The summed E-state index contributed by atoms with van der Waals surface area (Å²) in [7, 11) is 0. The number of rotatable bonds is 5. The summed E-state index contributed by atoms with van der Waals surface area (Å²) < 4.78 is 0. The van der Waals surface area contributed by atoms with Gasteiger partial charge in [-0.25, -0.2) is 5.84 Å². The standard InChI is InChI=1S/C11H18N4S/c1-16-9-5-8-13-11(15-12)14-10-6-3-2-4-7-10/h2-4,6-7H,5,8-9,12H2,1H3,(H2,13,14,15). The Balaban J connectivity index is 2.42. The zero-order valence-corrected chi connectivity index (χ0v) is 10.3. The van der Waals surface area contributed by atoms with E-state index in [1.807, 2.05) is 42.1 Å². The molecular formula is C11H18N4S. The Bertz CT molecular complexity index is 313. The van der Waals surface area contributed by atoms with Crippen LogP contribution in [0, 0.1) is 0 Å². The fraction of sp³-hybridized carbons (Fsp3) is 0.364. The van der Waals surface area contributed by atoms with Crippen LogP contribution in [0.5, 0.6) is 0 Å². The lowest BCUT2D eigenvalue weighted by Gasteiger charge is -2.08. The van der Waals surface area contributed by atoms with Crippen LogP contribution >= 0.6 is 11.8 Å².